The average molecular weight is 139 g/mol. The number of hydrogen-bond donors (Lipinski definition) is 0. The topological polar surface area (TPSA) is 3.24 Å². The van der Waals surface area contributed by atoms with Gasteiger partial charge in [0.25, 0.3) is 0 Å². The zero-order valence-electron chi connectivity index (χ0n) is 7.33. The van der Waals surface area contributed by atoms with Crippen molar-refractivity contribution in [3.05, 3.63) is 12.2 Å². The molecule has 0 aliphatic carbocycles. The second-order valence-corrected chi connectivity index (χ2v) is 3.53. The highest BCUT2D eigenvalue weighted by atomic mass is 15.2. The van der Waals surface area contributed by atoms with Gasteiger partial charge in [0.15, 0.2) is 0 Å². The predicted molar refractivity (Wildman–Crippen MR) is 45.0 cm³/mol. The van der Waals surface area contributed by atoms with Crippen LogP contribution < -0.4 is 0 Å². The van der Waals surface area contributed by atoms with E-state index in [1.165, 1.54) is 0 Å². The van der Waals surface area contributed by atoms with Gasteiger partial charge in [0, 0.05) is 12.1 Å². The van der Waals surface area contributed by atoms with Crippen molar-refractivity contribution in [2.75, 3.05) is 7.05 Å². The van der Waals surface area contributed by atoms with Crippen LogP contribution >= 0.6 is 0 Å². The summed E-state index contributed by atoms with van der Waals surface area (Å²) in [5.41, 5.74) is 0. The van der Waals surface area contributed by atoms with Gasteiger partial charge in [0.1, 0.15) is 0 Å². The highest BCUT2D eigenvalue weighted by Gasteiger charge is 2.23. The molecule has 0 bridgehead atoms. The van der Waals surface area contributed by atoms with Crippen molar-refractivity contribution in [1.82, 2.24) is 4.90 Å². The minimum Gasteiger partial charge on any atom is -0.294 e. The van der Waals surface area contributed by atoms with E-state index in [2.05, 4.69) is 44.9 Å². The minimum absolute atomic E-state index is 0.632. The molecule has 0 fully saturated rings. The van der Waals surface area contributed by atoms with Gasteiger partial charge < -0.3 is 0 Å². The first-order valence-corrected chi connectivity index (χ1v) is 4.03. The molecule has 0 aromatic rings. The number of likely N-dealkylation sites (N-methyl/N-ethyl adjacent to an activating group) is 1. The molecular formula is C9H17N. The summed E-state index contributed by atoms with van der Waals surface area (Å²) in [5, 5.41) is 0. The maximum Gasteiger partial charge on any atom is 0.0304 e. The second-order valence-electron chi connectivity index (χ2n) is 3.53. The minimum atomic E-state index is 0.632. The Morgan fingerprint density at radius 1 is 1.30 bits per heavy atom. The summed E-state index contributed by atoms with van der Waals surface area (Å²) < 4.78 is 0. The van der Waals surface area contributed by atoms with Gasteiger partial charge in [-0.15, -0.1) is 0 Å². The van der Waals surface area contributed by atoms with Gasteiger partial charge in [0.05, 0.1) is 0 Å². The Labute approximate surface area is 63.7 Å². The smallest absolute Gasteiger partial charge is 0.0304 e. The highest BCUT2D eigenvalue weighted by molar-refractivity contribution is 5.08. The number of nitrogens with zero attached hydrogens (tertiary/aromatic N) is 1. The highest BCUT2D eigenvalue weighted by Crippen LogP contribution is 2.19. The first-order chi connectivity index (χ1) is 4.63. The molecule has 0 aromatic heterocycles. The Morgan fingerprint density at radius 2 is 1.90 bits per heavy atom. The van der Waals surface area contributed by atoms with E-state index in [9.17, 15) is 0 Å². The fourth-order valence-corrected chi connectivity index (χ4v) is 1.51. The van der Waals surface area contributed by atoms with Gasteiger partial charge >= 0.3 is 0 Å². The molecule has 2 atom stereocenters. The lowest BCUT2D eigenvalue weighted by molar-refractivity contribution is 0.227. The molecule has 0 radical (unpaired) electrons. The van der Waals surface area contributed by atoms with Crippen molar-refractivity contribution >= 4 is 0 Å². The molecule has 1 heterocycles. The van der Waals surface area contributed by atoms with E-state index in [0.29, 0.717) is 12.1 Å². The van der Waals surface area contributed by atoms with Crippen molar-refractivity contribution in [3.63, 3.8) is 0 Å². The van der Waals surface area contributed by atoms with Crippen molar-refractivity contribution < 1.29 is 0 Å². The van der Waals surface area contributed by atoms with E-state index >= 15 is 0 Å². The molecule has 1 aliphatic rings. The van der Waals surface area contributed by atoms with E-state index in [4.69, 9.17) is 0 Å². The molecule has 0 aromatic carbocycles. The number of rotatable bonds is 1. The molecule has 0 N–H and O–H groups in total. The van der Waals surface area contributed by atoms with Gasteiger partial charge in [-0.1, -0.05) is 26.0 Å². The Morgan fingerprint density at radius 3 is 2.10 bits per heavy atom. The monoisotopic (exact) mass is 139 g/mol. The van der Waals surface area contributed by atoms with Crippen LogP contribution in [-0.2, 0) is 0 Å². The Bertz CT molecular complexity index is 138. The van der Waals surface area contributed by atoms with Crippen molar-refractivity contribution in [1.29, 1.82) is 0 Å². The van der Waals surface area contributed by atoms with E-state index in [0.717, 1.165) is 5.92 Å². The molecule has 1 aliphatic heterocycles. The first kappa shape index (κ1) is 7.80. The molecule has 1 heteroatoms. The fraction of sp³-hybridized carbons (Fsp3) is 0.778. The zero-order chi connectivity index (χ0) is 7.72. The van der Waals surface area contributed by atoms with E-state index in [-0.39, 0.29) is 0 Å². The Kier molecular flexibility index (Phi) is 2.14. The third-order valence-electron chi connectivity index (χ3n) is 2.38. The van der Waals surface area contributed by atoms with Crippen LogP contribution in [0.25, 0.3) is 0 Å². The molecule has 0 saturated carbocycles. The van der Waals surface area contributed by atoms with Crippen LogP contribution in [0, 0.1) is 5.92 Å². The lowest BCUT2D eigenvalue weighted by Gasteiger charge is -2.26. The molecule has 10 heavy (non-hydrogen) atoms. The third-order valence-corrected chi connectivity index (χ3v) is 2.38. The molecule has 2 unspecified atom stereocenters. The fourth-order valence-electron chi connectivity index (χ4n) is 1.51. The lowest BCUT2D eigenvalue weighted by atomic mass is 10.1. The summed E-state index contributed by atoms with van der Waals surface area (Å²) in [6, 6.07) is 1.29. The van der Waals surface area contributed by atoms with Crippen LogP contribution in [0.1, 0.15) is 20.8 Å². The standard InChI is InChI=1S/C9H17N/c1-7(2)9-6-5-8(3)10(9)4/h5-9H,1-4H3. The molecular weight excluding hydrogens is 122 g/mol. The summed E-state index contributed by atoms with van der Waals surface area (Å²) in [5.74, 6) is 0.742. The zero-order valence-corrected chi connectivity index (χ0v) is 7.33. The van der Waals surface area contributed by atoms with Crippen LogP contribution in [0.5, 0.6) is 0 Å². The van der Waals surface area contributed by atoms with Gasteiger partial charge in [-0.2, -0.15) is 0 Å². The van der Waals surface area contributed by atoms with Gasteiger partial charge in [0.2, 0.25) is 0 Å². The van der Waals surface area contributed by atoms with Crippen molar-refractivity contribution in [2.24, 2.45) is 5.92 Å². The van der Waals surface area contributed by atoms with Crippen LogP contribution in [0.3, 0.4) is 0 Å². The van der Waals surface area contributed by atoms with Crippen LogP contribution in [0.4, 0.5) is 0 Å². The van der Waals surface area contributed by atoms with Gasteiger partial charge in [-0.05, 0) is 19.9 Å². The Balaban J connectivity index is 2.58. The number of hydrogen-bond acceptors (Lipinski definition) is 1. The summed E-state index contributed by atoms with van der Waals surface area (Å²) in [4.78, 5) is 2.41. The third kappa shape index (κ3) is 1.24. The van der Waals surface area contributed by atoms with Crippen molar-refractivity contribution in [2.45, 2.75) is 32.9 Å². The SMILES string of the molecule is CC(C)C1C=CC(C)N1C. The summed E-state index contributed by atoms with van der Waals surface area (Å²) in [7, 11) is 2.19. The van der Waals surface area contributed by atoms with E-state index in [1.807, 2.05) is 0 Å². The molecule has 1 nitrogen and oxygen atoms in total. The van der Waals surface area contributed by atoms with Crippen molar-refractivity contribution in [3.8, 4) is 0 Å². The van der Waals surface area contributed by atoms with E-state index in [1.54, 1.807) is 0 Å². The van der Waals surface area contributed by atoms with Gasteiger partial charge in [-0.25, -0.2) is 0 Å². The first-order valence-electron chi connectivity index (χ1n) is 4.03. The quantitative estimate of drug-likeness (QED) is 0.501. The maximum absolute atomic E-state index is 2.41. The lowest BCUT2D eigenvalue weighted by Crippen LogP contribution is -2.34. The van der Waals surface area contributed by atoms with Crippen LogP contribution in [-0.4, -0.2) is 24.0 Å². The van der Waals surface area contributed by atoms with E-state index < -0.39 is 0 Å². The summed E-state index contributed by atoms with van der Waals surface area (Å²) in [6.45, 7) is 6.77. The average Bonchev–Trinajstić information content (AvgIpc) is 2.14. The van der Waals surface area contributed by atoms with Gasteiger partial charge in [-0.3, -0.25) is 4.90 Å². The summed E-state index contributed by atoms with van der Waals surface area (Å²) >= 11 is 0. The normalized spacial score (nSPS) is 34.1. The molecule has 58 valence electrons. The molecule has 0 amide bonds. The molecule has 1 rings (SSSR count). The maximum atomic E-state index is 2.41. The molecule has 0 saturated heterocycles. The Hall–Kier alpha value is -0.300. The van der Waals surface area contributed by atoms with Crippen LogP contribution in [0.2, 0.25) is 0 Å². The summed E-state index contributed by atoms with van der Waals surface area (Å²) in [6.07, 6.45) is 4.60. The second kappa shape index (κ2) is 2.75. The molecule has 0 spiro atoms. The predicted octanol–water partition coefficient (Wildman–Crippen LogP) is 1.90. The largest absolute Gasteiger partial charge is 0.294 e. The van der Waals surface area contributed by atoms with Crippen LogP contribution in [0.15, 0.2) is 12.2 Å².